The van der Waals surface area contributed by atoms with E-state index in [0.29, 0.717) is 12.0 Å². The average Bonchev–Trinajstić information content (AvgIpc) is 2.89. The lowest BCUT2D eigenvalue weighted by atomic mass is 9.92. The Hall–Kier alpha value is -0.870. The second-order valence-electron chi connectivity index (χ2n) is 5.60. The Morgan fingerprint density at radius 1 is 1.50 bits per heavy atom. The van der Waals surface area contributed by atoms with Crippen LogP contribution in [0.25, 0.3) is 0 Å². The minimum absolute atomic E-state index is 0.267. The molecule has 0 bridgehead atoms. The van der Waals surface area contributed by atoms with Gasteiger partial charge in [-0.1, -0.05) is 0 Å². The van der Waals surface area contributed by atoms with E-state index in [-0.39, 0.29) is 11.8 Å². The largest absolute Gasteiger partial charge is 0.351 e. The smallest absolute Gasteiger partial charge is 0.223 e. The zero-order valence-corrected chi connectivity index (χ0v) is 11.6. The van der Waals surface area contributed by atoms with Crippen molar-refractivity contribution in [2.45, 2.75) is 32.7 Å². The lowest BCUT2D eigenvalue weighted by Crippen LogP contribution is -2.33. The summed E-state index contributed by atoms with van der Waals surface area (Å²) in [6.07, 6.45) is 3.44. The van der Waals surface area contributed by atoms with Crippen molar-refractivity contribution >= 4 is 17.2 Å². The minimum atomic E-state index is 0.267. The Bertz CT molecular complexity index is 448. The van der Waals surface area contributed by atoms with Crippen LogP contribution in [0.4, 0.5) is 0 Å². The minimum Gasteiger partial charge on any atom is -0.351 e. The quantitative estimate of drug-likeness (QED) is 0.877. The number of hydrogen-bond acceptors (Lipinski definition) is 3. The van der Waals surface area contributed by atoms with Crippen LogP contribution in [0.3, 0.4) is 0 Å². The number of carbonyl (C=O) groups is 1. The van der Waals surface area contributed by atoms with Gasteiger partial charge in [-0.3, -0.25) is 4.79 Å². The molecule has 1 saturated carbocycles. The van der Waals surface area contributed by atoms with E-state index in [1.807, 2.05) is 0 Å². The van der Waals surface area contributed by atoms with Crippen molar-refractivity contribution in [3.05, 3.63) is 21.9 Å². The van der Waals surface area contributed by atoms with Crippen molar-refractivity contribution in [2.24, 2.45) is 11.3 Å². The van der Waals surface area contributed by atoms with Crippen molar-refractivity contribution in [2.75, 3.05) is 13.1 Å². The number of hydrogen-bond donors (Lipinski definition) is 2. The van der Waals surface area contributed by atoms with E-state index in [9.17, 15) is 4.79 Å². The molecule has 1 saturated heterocycles. The Labute approximate surface area is 112 Å². The average molecular weight is 264 g/mol. The lowest BCUT2D eigenvalue weighted by Gasteiger charge is -2.23. The van der Waals surface area contributed by atoms with Gasteiger partial charge >= 0.3 is 0 Å². The highest BCUT2D eigenvalue weighted by Crippen LogP contribution is 2.58. The van der Waals surface area contributed by atoms with Crippen molar-refractivity contribution in [1.82, 2.24) is 10.6 Å². The number of piperidine rings is 1. The molecule has 2 heterocycles. The molecule has 18 heavy (non-hydrogen) atoms. The summed E-state index contributed by atoms with van der Waals surface area (Å²) in [6, 6.07) is 4.21. The second-order valence-corrected chi connectivity index (χ2v) is 6.97. The Balaban J connectivity index is 1.51. The summed E-state index contributed by atoms with van der Waals surface area (Å²) >= 11 is 1.76. The van der Waals surface area contributed by atoms with Gasteiger partial charge in [-0.05, 0) is 56.8 Å². The van der Waals surface area contributed by atoms with E-state index in [4.69, 9.17) is 0 Å². The number of rotatable bonds is 3. The van der Waals surface area contributed by atoms with Gasteiger partial charge in [-0.25, -0.2) is 0 Å². The SMILES string of the molecule is Cc1ccc(CNC(=O)C2CC23CCNCC3)s1. The maximum absolute atomic E-state index is 12.1. The fourth-order valence-corrected chi connectivity index (χ4v) is 3.90. The van der Waals surface area contributed by atoms with Crippen LogP contribution in [0, 0.1) is 18.3 Å². The Morgan fingerprint density at radius 2 is 2.28 bits per heavy atom. The Kier molecular flexibility index (Phi) is 3.16. The van der Waals surface area contributed by atoms with Crippen LogP contribution in [0.2, 0.25) is 0 Å². The van der Waals surface area contributed by atoms with E-state index in [0.717, 1.165) is 19.5 Å². The summed E-state index contributed by atoms with van der Waals surface area (Å²) in [7, 11) is 0. The van der Waals surface area contributed by atoms with Crippen LogP contribution in [-0.2, 0) is 11.3 Å². The standard InChI is InChI=1S/C14H20N2OS/c1-10-2-3-11(18-10)9-16-13(17)12-8-14(12)4-6-15-7-5-14/h2-3,12,15H,4-9H2,1H3,(H,16,17). The van der Waals surface area contributed by atoms with Gasteiger partial charge in [0.25, 0.3) is 0 Å². The van der Waals surface area contributed by atoms with Crippen LogP contribution in [0.15, 0.2) is 12.1 Å². The lowest BCUT2D eigenvalue weighted by molar-refractivity contribution is -0.123. The third-order valence-corrected chi connectivity index (χ3v) is 5.34. The van der Waals surface area contributed by atoms with E-state index in [1.54, 1.807) is 11.3 Å². The zero-order chi connectivity index (χ0) is 12.6. The van der Waals surface area contributed by atoms with Crippen molar-refractivity contribution in [3.8, 4) is 0 Å². The third kappa shape index (κ3) is 2.31. The number of thiophene rings is 1. The van der Waals surface area contributed by atoms with Gasteiger partial charge in [0, 0.05) is 15.7 Å². The van der Waals surface area contributed by atoms with Gasteiger partial charge in [0.1, 0.15) is 0 Å². The van der Waals surface area contributed by atoms with E-state index < -0.39 is 0 Å². The first kappa shape index (κ1) is 12.2. The predicted octanol–water partition coefficient (Wildman–Crippen LogP) is 2.06. The van der Waals surface area contributed by atoms with Crippen LogP contribution >= 0.6 is 11.3 Å². The number of amides is 1. The summed E-state index contributed by atoms with van der Waals surface area (Å²) in [5.41, 5.74) is 0.348. The molecule has 1 atom stereocenters. The van der Waals surface area contributed by atoms with Gasteiger partial charge < -0.3 is 10.6 Å². The summed E-state index contributed by atoms with van der Waals surface area (Å²) in [5.74, 6) is 0.545. The molecule has 3 rings (SSSR count). The molecule has 2 fully saturated rings. The highest BCUT2D eigenvalue weighted by molar-refractivity contribution is 7.11. The molecule has 1 aromatic heterocycles. The van der Waals surface area contributed by atoms with Gasteiger partial charge in [0.2, 0.25) is 5.91 Å². The van der Waals surface area contributed by atoms with Gasteiger partial charge in [0.15, 0.2) is 0 Å². The first-order valence-corrected chi connectivity index (χ1v) is 7.55. The van der Waals surface area contributed by atoms with Crippen molar-refractivity contribution in [1.29, 1.82) is 0 Å². The molecule has 1 aliphatic carbocycles. The number of carbonyl (C=O) groups excluding carboxylic acids is 1. The fraction of sp³-hybridized carbons (Fsp3) is 0.643. The normalized spacial score (nSPS) is 25.1. The van der Waals surface area contributed by atoms with E-state index in [1.165, 1.54) is 22.6 Å². The highest BCUT2D eigenvalue weighted by atomic mass is 32.1. The second kappa shape index (κ2) is 4.67. The van der Waals surface area contributed by atoms with Crippen LogP contribution in [0.1, 0.15) is 29.0 Å². The van der Waals surface area contributed by atoms with Gasteiger partial charge in [-0.15, -0.1) is 11.3 Å². The van der Waals surface area contributed by atoms with Gasteiger partial charge in [-0.2, -0.15) is 0 Å². The molecule has 2 aliphatic rings. The topological polar surface area (TPSA) is 41.1 Å². The monoisotopic (exact) mass is 264 g/mol. The summed E-state index contributed by atoms with van der Waals surface area (Å²) in [6.45, 7) is 4.95. The maximum atomic E-state index is 12.1. The molecule has 1 aliphatic heterocycles. The summed E-state index contributed by atoms with van der Waals surface area (Å²) < 4.78 is 0. The molecule has 4 heteroatoms. The van der Waals surface area contributed by atoms with E-state index in [2.05, 4.69) is 29.7 Å². The van der Waals surface area contributed by atoms with Crippen molar-refractivity contribution < 1.29 is 4.79 Å². The number of aryl methyl sites for hydroxylation is 1. The first-order valence-electron chi connectivity index (χ1n) is 6.73. The molecule has 1 unspecified atom stereocenters. The maximum Gasteiger partial charge on any atom is 0.223 e. The molecular weight excluding hydrogens is 244 g/mol. The zero-order valence-electron chi connectivity index (χ0n) is 10.8. The molecule has 98 valence electrons. The molecule has 2 N–H and O–H groups in total. The van der Waals surface area contributed by atoms with Crippen LogP contribution in [-0.4, -0.2) is 19.0 Å². The Morgan fingerprint density at radius 3 is 2.94 bits per heavy atom. The van der Waals surface area contributed by atoms with Crippen LogP contribution in [0.5, 0.6) is 0 Å². The number of nitrogens with one attached hydrogen (secondary N) is 2. The van der Waals surface area contributed by atoms with Crippen LogP contribution < -0.4 is 10.6 Å². The molecular formula is C14H20N2OS. The summed E-state index contributed by atoms with van der Waals surface area (Å²) in [4.78, 5) is 14.7. The molecule has 1 aromatic rings. The molecule has 1 amide bonds. The molecule has 1 spiro atoms. The molecule has 0 aromatic carbocycles. The predicted molar refractivity (Wildman–Crippen MR) is 73.5 cm³/mol. The first-order chi connectivity index (χ1) is 8.70. The van der Waals surface area contributed by atoms with E-state index >= 15 is 0 Å². The molecule has 3 nitrogen and oxygen atoms in total. The fourth-order valence-electron chi connectivity index (χ4n) is 3.07. The third-order valence-electron chi connectivity index (χ3n) is 4.34. The molecule has 0 radical (unpaired) electrons. The highest BCUT2D eigenvalue weighted by Gasteiger charge is 2.57. The summed E-state index contributed by atoms with van der Waals surface area (Å²) in [5, 5.41) is 6.47. The van der Waals surface area contributed by atoms with Crippen molar-refractivity contribution in [3.63, 3.8) is 0 Å². The van der Waals surface area contributed by atoms with Gasteiger partial charge in [0.05, 0.1) is 6.54 Å².